The average Bonchev–Trinajstić information content (AvgIpc) is 3.19. The number of halogens is 1. The third-order valence-electron chi connectivity index (χ3n) is 3.94. The molecule has 2 heterocycles. The summed E-state index contributed by atoms with van der Waals surface area (Å²) in [7, 11) is 0. The topological polar surface area (TPSA) is 55.4 Å². The molecule has 4 nitrogen and oxygen atoms in total. The molecule has 0 unspecified atom stereocenters. The van der Waals surface area contributed by atoms with Crippen LogP contribution in [0.4, 0.5) is 0 Å². The molecular formula is C18H18ClNO3S. The molecule has 0 saturated heterocycles. The molecule has 1 aromatic carbocycles. The Morgan fingerprint density at radius 3 is 2.83 bits per heavy atom. The summed E-state index contributed by atoms with van der Waals surface area (Å²) >= 11 is 7.83. The first-order valence-electron chi connectivity index (χ1n) is 7.84. The highest BCUT2D eigenvalue weighted by molar-refractivity contribution is 7.17. The molecule has 0 fully saturated rings. The molecule has 1 amide bonds. The van der Waals surface area contributed by atoms with Gasteiger partial charge >= 0.3 is 0 Å². The van der Waals surface area contributed by atoms with Gasteiger partial charge in [-0.3, -0.25) is 9.59 Å². The maximum atomic E-state index is 11.5. The number of benzene rings is 1. The summed E-state index contributed by atoms with van der Waals surface area (Å²) in [5.41, 5.74) is 2.02. The molecule has 126 valence electrons. The summed E-state index contributed by atoms with van der Waals surface area (Å²) < 4.78 is 5.87. The molecule has 24 heavy (non-hydrogen) atoms. The number of amides is 1. The fourth-order valence-electron chi connectivity index (χ4n) is 2.68. The Balaban J connectivity index is 1.79. The van der Waals surface area contributed by atoms with Crippen LogP contribution in [0.3, 0.4) is 0 Å². The Hall–Kier alpha value is -1.85. The van der Waals surface area contributed by atoms with Crippen LogP contribution in [0.1, 0.15) is 35.5 Å². The molecule has 3 rings (SSSR count). The van der Waals surface area contributed by atoms with Crippen LogP contribution < -0.4 is 10.1 Å². The van der Waals surface area contributed by atoms with E-state index in [-0.39, 0.29) is 17.8 Å². The monoisotopic (exact) mass is 363 g/mol. The molecule has 0 aliphatic carbocycles. The van der Waals surface area contributed by atoms with Gasteiger partial charge in [-0.2, -0.15) is 0 Å². The molecule has 1 N–H and O–H groups in total. The smallest absolute Gasteiger partial charge is 0.219 e. The van der Waals surface area contributed by atoms with Gasteiger partial charge in [0.1, 0.15) is 11.9 Å². The predicted octanol–water partition coefficient (Wildman–Crippen LogP) is 4.10. The van der Waals surface area contributed by atoms with Gasteiger partial charge in [0, 0.05) is 23.3 Å². The van der Waals surface area contributed by atoms with Crippen molar-refractivity contribution >= 4 is 34.6 Å². The highest BCUT2D eigenvalue weighted by atomic mass is 35.5. The molecule has 1 aromatic heterocycles. The van der Waals surface area contributed by atoms with E-state index in [4.69, 9.17) is 16.3 Å². The predicted molar refractivity (Wildman–Crippen MR) is 96.2 cm³/mol. The van der Waals surface area contributed by atoms with Crippen molar-refractivity contribution < 1.29 is 14.3 Å². The quantitative estimate of drug-likeness (QED) is 0.813. The lowest BCUT2D eigenvalue weighted by molar-refractivity contribution is -0.121. The lowest BCUT2D eigenvalue weighted by Crippen LogP contribution is -2.33. The van der Waals surface area contributed by atoms with Gasteiger partial charge in [-0.25, -0.2) is 0 Å². The van der Waals surface area contributed by atoms with Crippen molar-refractivity contribution in [3.05, 3.63) is 39.7 Å². The first-order chi connectivity index (χ1) is 11.5. The van der Waals surface area contributed by atoms with Gasteiger partial charge in [0.05, 0.1) is 16.4 Å². The van der Waals surface area contributed by atoms with E-state index in [0.717, 1.165) is 20.9 Å². The van der Waals surface area contributed by atoms with E-state index >= 15 is 0 Å². The van der Waals surface area contributed by atoms with Crippen molar-refractivity contribution in [1.29, 1.82) is 0 Å². The Morgan fingerprint density at radius 1 is 1.38 bits per heavy atom. The van der Waals surface area contributed by atoms with Gasteiger partial charge in [-0.15, -0.1) is 11.3 Å². The third-order valence-corrected chi connectivity index (χ3v) is 5.45. The minimum absolute atomic E-state index is 0.0108. The number of hydrogen-bond donors (Lipinski definition) is 1. The Bertz CT molecular complexity index is 800. The van der Waals surface area contributed by atoms with E-state index in [1.54, 1.807) is 6.92 Å². The third kappa shape index (κ3) is 3.47. The van der Waals surface area contributed by atoms with Crippen LogP contribution in [0.15, 0.2) is 24.3 Å². The van der Waals surface area contributed by atoms with E-state index in [0.29, 0.717) is 30.2 Å². The fraction of sp³-hybridized carbons (Fsp3) is 0.333. The van der Waals surface area contributed by atoms with Crippen LogP contribution in [0.5, 0.6) is 5.75 Å². The summed E-state index contributed by atoms with van der Waals surface area (Å²) in [4.78, 5) is 24.6. The van der Waals surface area contributed by atoms with E-state index in [1.165, 1.54) is 11.3 Å². The molecule has 1 atom stereocenters. The molecular weight excluding hydrogens is 346 g/mol. The summed E-state index contributed by atoms with van der Waals surface area (Å²) in [5, 5.41) is 3.41. The lowest BCUT2D eigenvalue weighted by atomic mass is 10.1. The summed E-state index contributed by atoms with van der Waals surface area (Å²) in [6.45, 7) is 3.86. The van der Waals surface area contributed by atoms with E-state index in [9.17, 15) is 9.59 Å². The van der Waals surface area contributed by atoms with Crippen LogP contribution in [0.25, 0.3) is 10.4 Å². The Morgan fingerprint density at radius 2 is 2.17 bits per heavy atom. The minimum atomic E-state index is -0.0978. The number of carbonyl (C=O) groups is 2. The van der Waals surface area contributed by atoms with Gasteiger partial charge in [0.25, 0.3) is 0 Å². The van der Waals surface area contributed by atoms with E-state index in [2.05, 4.69) is 11.4 Å². The van der Waals surface area contributed by atoms with Gasteiger partial charge in [-0.05, 0) is 36.8 Å². The average molecular weight is 364 g/mol. The van der Waals surface area contributed by atoms with Crippen molar-refractivity contribution in [2.45, 2.75) is 32.8 Å². The van der Waals surface area contributed by atoms with Crippen molar-refractivity contribution in [3.63, 3.8) is 0 Å². The summed E-state index contributed by atoms with van der Waals surface area (Å²) in [5.74, 6) is 0.768. The van der Waals surface area contributed by atoms with Crippen molar-refractivity contribution in [1.82, 2.24) is 5.32 Å². The van der Waals surface area contributed by atoms with E-state index < -0.39 is 0 Å². The molecule has 0 saturated carbocycles. The van der Waals surface area contributed by atoms with Crippen molar-refractivity contribution in [2.75, 3.05) is 6.54 Å². The first kappa shape index (κ1) is 17.0. The number of fused-ring (bicyclic) bond motifs is 1. The van der Waals surface area contributed by atoms with Crippen molar-refractivity contribution in [3.8, 4) is 16.2 Å². The van der Waals surface area contributed by atoms with Crippen LogP contribution in [-0.4, -0.2) is 24.3 Å². The highest BCUT2D eigenvalue weighted by Gasteiger charge is 2.26. The van der Waals surface area contributed by atoms with Crippen LogP contribution >= 0.6 is 22.9 Å². The zero-order chi connectivity index (χ0) is 17.3. The zero-order valence-corrected chi connectivity index (χ0v) is 15.1. The number of ketones is 1. The normalized spacial score (nSPS) is 15.7. The second-order valence-corrected chi connectivity index (χ2v) is 7.26. The van der Waals surface area contributed by atoms with Gasteiger partial charge < -0.3 is 10.1 Å². The number of carbonyl (C=O) groups excluding carboxylic acids is 2. The summed E-state index contributed by atoms with van der Waals surface area (Å²) in [6, 6.07) is 7.69. The number of nitrogens with one attached hydrogen (secondary N) is 1. The number of rotatable bonds is 5. The van der Waals surface area contributed by atoms with Gasteiger partial charge in [0.15, 0.2) is 5.78 Å². The molecule has 0 bridgehead atoms. The molecule has 2 aromatic rings. The van der Waals surface area contributed by atoms with Crippen molar-refractivity contribution in [2.24, 2.45) is 0 Å². The maximum Gasteiger partial charge on any atom is 0.219 e. The maximum absolute atomic E-state index is 11.5. The van der Waals surface area contributed by atoms with Gasteiger partial charge in [-0.1, -0.05) is 18.5 Å². The number of hydrogen-bond acceptors (Lipinski definition) is 4. The Labute approximate surface area is 149 Å². The van der Waals surface area contributed by atoms with Crippen LogP contribution in [0, 0.1) is 0 Å². The SMILES string of the molecule is CCC(=O)NC[C@H]1Cc2cc(-c3ccc(C(C)=O)s3)cc(Cl)c2O1. The molecule has 6 heteroatoms. The molecule has 1 aliphatic heterocycles. The number of thiophene rings is 1. The zero-order valence-electron chi connectivity index (χ0n) is 13.5. The lowest BCUT2D eigenvalue weighted by Gasteiger charge is -2.11. The summed E-state index contributed by atoms with van der Waals surface area (Å²) in [6.07, 6.45) is 1.07. The largest absolute Gasteiger partial charge is 0.486 e. The molecule has 0 spiro atoms. The van der Waals surface area contributed by atoms with Crippen LogP contribution in [-0.2, 0) is 11.2 Å². The highest BCUT2D eigenvalue weighted by Crippen LogP contribution is 2.41. The van der Waals surface area contributed by atoms with Gasteiger partial charge in [0.2, 0.25) is 5.91 Å². The minimum Gasteiger partial charge on any atom is -0.486 e. The molecule has 1 aliphatic rings. The second-order valence-electron chi connectivity index (χ2n) is 5.77. The number of Topliss-reactive ketones (excluding diaryl/α,β-unsaturated/α-hetero) is 1. The first-order valence-corrected chi connectivity index (χ1v) is 9.04. The fourth-order valence-corrected chi connectivity index (χ4v) is 3.85. The standard InChI is InChI=1S/C18H18ClNO3S/c1-3-17(22)20-9-13-7-12-6-11(8-14(19)18(12)23-13)16-5-4-15(24-16)10(2)21/h4-6,8,13H,3,7,9H2,1-2H3,(H,20,22)/t13-/m1/s1. The second kappa shape index (κ2) is 6.95. The number of ether oxygens (including phenoxy) is 1. The molecule has 0 radical (unpaired) electrons. The van der Waals surface area contributed by atoms with Crippen LogP contribution in [0.2, 0.25) is 5.02 Å². The Kier molecular flexibility index (Phi) is 4.92. The van der Waals surface area contributed by atoms with E-state index in [1.807, 2.05) is 25.1 Å².